The molecule has 1 aromatic heterocycles. The van der Waals surface area contributed by atoms with Gasteiger partial charge < -0.3 is 16.0 Å². The van der Waals surface area contributed by atoms with Crippen LogP contribution in [0.3, 0.4) is 0 Å². The summed E-state index contributed by atoms with van der Waals surface area (Å²) in [4.78, 5) is 13.9. The Hall–Kier alpha value is -0.950. The number of carbonyl (C=O) groups excluding carboxylic acids is 1. The van der Waals surface area contributed by atoms with Gasteiger partial charge in [0.15, 0.2) is 0 Å². The van der Waals surface area contributed by atoms with Gasteiger partial charge in [0.2, 0.25) is 0 Å². The fraction of sp³-hybridized carbons (Fsp3) is 0.375. The number of amides is 1. The van der Waals surface area contributed by atoms with E-state index < -0.39 is 24.9 Å². The van der Waals surface area contributed by atoms with Crippen molar-refractivity contribution >= 4 is 21.8 Å². The van der Waals surface area contributed by atoms with E-state index in [0.29, 0.717) is 4.47 Å². The number of hydrogen-bond acceptors (Lipinski definition) is 2. The normalized spacial score (nSPS) is 11.5. The van der Waals surface area contributed by atoms with Gasteiger partial charge in [0.25, 0.3) is 11.8 Å². The summed E-state index contributed by atoms with van der Waals surface area (Å²) >= 11 is 3.13. The van der Waals surface area contributed by atoms with Crippen molar-refractivity contribution in [3.05, 3.63) is 22.4 Å². The molecule has 0 radical (unpaired) electrons. The molecule has 0 bridgehead atoms. The van der Waals surface area contributed by atoms with Crippen LogP contribution in [-0.2, 0) is 0 Å². The maximum Gasteiger partial charge on any atom is 0.277 e. The zero-order valence-electron chi connectivity index (χ0n) is 7.69. The number of hydrogen-bond donors (Lipinski definition) is 3. The minimum absolute atomic E-state index is 0.217. The topological polar surface area (TPSA) is 70.9 Å². The Balaban J connectivity index is 2.50. The second-order valence-corrected chi connectivity index (χ2v) is 3.89. The van der Waals surface area contributed by atoms with Crippen LogP contribution in [0.5, 0.6) is 0 Å². The highest BCUT2D eigenvalue weighted by atomic mass is 79.9. The number of nitrogens with one attached hydrogen (secondary N) is 2. The highest BCUT2D eigenvalue weighted by Gasteiger charge is 2.27. The van der Waals surface area contributed by atoms with Gasteiger partial charge >= 0.3 is 0 Å². The smallest absolute Gasteiger partial charge is 0.277 e. The minimum Gasteiger partial charge on any atom is -0.356 e. The molecule has 0 aliphatic rings. The van der Waals surface area contributed by atoms with Gasteiger partial charge in [0.05, 0.1) is 13.1 Å². The van der Waals surface area contributed by atoms with Crippen molar-refractivity contribution in [1.29, 1.82) is 0 Å². The molecule has 0 aromatic carbocycles. The predicted molar refractivity (Wildman–Crippen MR) is 54.8 cm³/mol. The first-order valence-electron chi connectivity index (χ1n) is 4.14. The fourth-order valence-electron chi connectivity index (χ4n) is 0.876. The van der Waals surface area contributed by atoms with Gasteiger partial charge in [-0.3, -0.25) is 4.79 Å². The van der Waals surface area contributed by atoms with Gasteiger partial charge in [-0.15, -0.1) is 0 Å². The van der Waals surface area contributed by atoms with Gasteiger partial charge in [-0.1, -0.05) is 0 Å². The molecule has 84 valence electrons. The summed E-state index contributed by atoms with van der Waals surface area (Å²) in [6, 6.07) is 1.50. The van der Waals surface area contributed by atoms with Gasteiger partial charge in [0.1, 0.15) is 5.69 Å². The van der Waals surface area contributed by atoms with Crippen LogP contribution in [-0.4, -0.2) is 29.9 Å². The maximum atomic E-state index is 12.7. The maximum absolute atomic E-state index is 12.7. The monoisotopic (exact) mass is 281 g/mol. The van der Waals surface area contributed by atoms with Crippen LogP contribution in [0, 0.1) is 0 Å². The summed E-state index contributed by atoms with van der Waals surface area (Å²) in [6.07, 6.45) is 1.54. The predicted octanol–water partition coefficient (Wildman–Crippen LogP) is 1.10. The highest BCUT2D eigenvalue weighted by molar-refractivity contribution is 9.10. The van der Waals surface area contributed by atoms with Gasteiger partial charge in [0, 0.05) is 10.7 Å². The molecule has 15 heavy (non-hydrogen) atoms. The first-order valence-corrected chi connectivity index (χ1v) is 4.94. The van der Waals surface area contributed by atoms with E-state index >= 15 is 0 Å². The lowest BCUT2D eigenvalue weighted by molar-refractivity contribution is 0.0118. The number of nitrogens with two attached hydrogens (primary N) is 1. The van der Waals surface area contributed by atoms with E-state index in [1.807, 2.05) is 0 Å². The molecule has 1 heterocycles. The van der Waals surface area contributed by atoms with E-state index in [0.717, 1.165) is 0 Å². The van der Waals surface area contributed by atoms with Crippen molar-refractivity contribution < 1.29 is 13.6 Å². The molecule has 0 fully saturated rings. The molecule has 4 nitrogen and oxygen atoms in total. The average molecular weight is 282 g/mol. The van der Waals surface area contributed by atoms with E-state index in [1.165, 1.54) is 12.3 Å². The standard InChI is InChI=1S/C8H10BrF2N3O/c9-5-1-6(13-2-5)7(15)14-4-8(10,11)3-12/h1-2,13H,3-4,12H2,(H,14,15). The zero-order chi connectivity index (χ0) is 11.5. The number of H-pyrrole nitrogens is 1. The molecule has 0 saturated heterocycles. The molecule has 0 unspecified atom stereocenters. The molecule has 7 heteroatoms. The molecule has 0 aliphatic carbocycles. The minimum atomic E-state index is -3.07. The van der Waals surface area contributed by atoms with Gasteiger partial charge in [-0.2, -0.15) is 0 Å². The van der Waals surface area contributed by atoms with E-state index in [-0.39, 0.29) is 5.69 Å². The van der Waals surface area contributed by atoms with E-state index in [2.05, 4.69) is 26.2 Å². The number of aromatic nitrogens is 1. The van der Waals surface area contributed by atoms with Crippen LogP contribution in [0.25, 0.3) is 0 Å². The molecular weight excluding hydrogens is 272 g/mol. The molecule has 1 aromatic rings. The average Bonchev–Trinajstić information content (AvgIpc) is 2.61. The number of rotatable bonds is 4. The summed E-state index contributed by atoms with van der Waals surface area (Å²) in [5.74, 6) is -3.66. The van der Waals surface area contributed by atoms with Crippen molar-refractivity contribution in [3.63, 3.8) is 0 Å². The Labute approximate surface area is 93.4 Å². The Kier molecular flexibility index (Phi) is 3.81. The summed E-state index contributed by atoms with van der Waals surface area (Å²) in [7, 11) is 0. The second-order valence-electron chi connectivity index (χ2n) is 2.97. The number of carbonyl (C=O) groups is 1. The molecule has 0 spiro atoms. The van der Waals surface area contributed by atoms with E-state index in [9.17, 15) is 13.6 Å². The van der Waals surface area contributed by atoms with Crippen molar-refractivity contribution in [1.82, 2.24) is 10.3 Å². The summed E-state index contributed by atoms with van der Waals surface area (Å²) in [5.41, 5.74) is 5.04. The summed E-state index contributed by atoms with van der Waals surface area (Å²) in [6.45, 7) is -1.55. The number of halogens is 3. The second kappa shape index (κ2) is 4.71. The molecule has 0 atom stereocenters. The lowest BCUT2D eigenvalue weighted by Gasteiger charge is -2.13. The van der Waals surface area contributed by atoms with Crippen molar-refractivity contribution in [2.45, 2.75) is 5.92 Å². The first kappa shape index (κ1) is 12.1. The van der Waals surface area contributed by atoms with Crippen molar-refractivity contribution in [3.8, 4) is 0 Å². The molecule has 1 amide bonds. The largest absolute Gasteiger partial charge is 0.356 e. The number of aromatic amines is 1. The van der Waals surface area contributed by atoms with Crippen LogP contribution in [0.15, 0.2) is 16.7 Å². The van der Waals surface area contributed by atoms with Crippen molar-refractivity contribution in [2.75, 3.05) is 13.1 Å². The third-order valence-electron chi connectivity index (χ3n) is 1.70. The molecule has 4 N–H and O–H groups in total. The Bertz CT molecular complexity index is 353. The third kappa shape index (κ3) is 3.60. The highest BCUT2D eigenvalue weighted by Crippen LogP contribution is 2.12. The van der Waals surface area contributed by atoms with Crippen LogP contribution < -0.4 is 11.1 Å². The molecule has 0 aliphatic heterocycles. The third-order valence-corrected chi connectivity index (χ3v) is 2.16. The molecular formula is C8H10BrF2N3O. The number of alkyl halides is 2. The van der Waals surface area contributed by atoms with Crippen LogP contribution in [0.2, 0.25) is 0 Å². The summed E-state index contributed by atoms with van der Waals surface area (Å²) < 4.78 is 26.0. The van der Waals surface area contributed by atoms with Crippen LogP contribution in [0.1, 0.15) is 10.5 Å². The summed E-state index contributed by atoms with van der Waals surface area (Å²) in [5, 5.41) is 2.08. The first-order chi connectivity index (χ1) is 6.94. The van der Waals surface area contributed by atoms with E-state index in [4.69, 9.17) is 5.73 Å². The van der Waals surface area contributed by atoms with E-state index in [1.54, 1.807) is 0 Å². The zero-order valence-corrected chi connectivity index (χ0v) is 9.27. The Morgan fingerprint density at radius 1 is 1.67 bits per heavy atom. The Morgan fingerprint density at radius 3 is 2.80 bits per heavy atom. The molecule has 1 rings (SSSR count). The van der Waals surface area contributed by atoms with Crippen LogP contribution in [0.4, 0.5) is 8.78 Å². The Morgan fingerprint density at radius 2 is 2.33 bits per heavy atom. The van der Waals surface area contributed by atoms with Crippen molar-refractivity contribution in [2.24, 2.45) is 5.73 Å². The van der Waals surface area contributed by atoms with Gasteiger partial charge in [-0.25, -0.2) is 8.78 Å². The lowest BCUT2D eigenvalue weighted by atomic mass is 10.3. The SMILES string of the molecule is NCC(F)(F)CNC(=O)c1cc(Br)c[nH]1. The van der Waals surface area contributed by atoms with Crippen LogP contribution >= 0.6 is 15.9 Å². The van der Waals surface area contributed by atoms with Gasteiger partial charge in [-0.05, 0) is 22.0 Å². The molecule has 0 saturated carbocycles. The quantitative estimate of drug-likeness (QED) is 0.774. The fourth-order valence-corrected chi connectivity index (χ4v) is 1.22. The lowest BCUT2D eigenvalue weighted by Crippen LogP contribution is -2.41.